The van der Waals surface area contributed by atoms with Crippen LogP contribution in [0.1, 0.15) is 62.1 Å². The monoisotopic (exact) mass is 367 g/mol. The Balaban J connectivity index is 2.01. The van der Waals surface area contributed by atoms with Crippen LogP contribution >= 0.6 is 11.3 Å². The molecule has 0 aromatic carbocycles. The van der Waals surface area contributed by atoms with E-state index in [9.17, 15) is 4.79 Å². The van der Waals surface area contributed by atoms with Crippen LogP contribution < -0.4 is 5.32 Å². The van der Waals surface area contributed by atoms with Crippen LogP contribution in [0.5, 0.6) is 0 Å². The summed E-state index contributed by atoms with van der Waals surface area (Å²) in [5.41, 5.74) is -0.0188. The Labute approximate surface area is 156 Å². The van der Waals surface area contributed by atoms with Crippen molar-refractivity contribution in [1.29, 1.82) is 0 Å². The van der Waals surface area contributed by atoms with Gasteiger partial charge in [-0.3, -0.25) is 9.69 Å². The summed E-state index contributed by atoms with van der Waals surface area (Å²) in [5, 5.41) is 4.16. The minimum Gasteiger partial charge on any atom is -0.379 e. The smallest absolute Gasteiger partial charge is 0.263 e. The molecule has 2 heterocycles. The maximum atomic E-state index is 12.6. The summed E-state index contributed by atoms with van der Waals surface area (Å²) in [5.74, 6) is 0.585. The molecule has 0 spiro atoms. The first-order chi connectivity index (χ1) is 11.9. The van der Waals surface area contributed by atoms with Crippen molar-refractivity contribution in [2.75, 3.05) is 32.8 Å². The van der Waals surface area contributed by atoms with Gasteiger partial charge in [0, 0.05) is 31.1 Å². The number of hydrogen-bond acceptors (Lipinski definition) is 5. The summed E-state index contributed by atoms with van der Waals surface area (Å²) in [4.78, 5) is 20.2. The Morgan fingerprint density at radius 1 is 1.32 bits per heavy atom. The van der Waals surface area contributed by atoms with E-state index in [2.05, 4.69) is 49.8 Å². The van der Waals surface area contributed by atoms with Gasteiger partial charge in [-0.05, 0) is 5.92 Å². The van der Waals surface area contributed by atoms with Crippen molar-refractivity contribution < 1.29 is 9.53 Å². The second-order valence-electron chi connectivity index (χ2n) is 7.78. The standard InChI is InChI=1S/C19H33N3O2S/c1-6-14(7-2)15(22-8-10-24-11-9-22)12-20-17(23)16-13-21-18(25-16)19(3,4)5/h13-15H,6-12H2,1-5H3,(H,20,23). The van der Waals surface area contributed by atoms with E-state index in [0.717, 1.165) is 44.2 Å². The molecule has 142 valence electrons. The maximum absolute atomic E-state index is 12.6. The quantitative estimate of drug-likeness (QED) is 0.803. The van der Waals surface area contributed by atoms with Gasteiger partial charge in [-0.15, -0.1) is 11.3 Å². The van der Waals surface area contributed by atoms with Gasteiger partial charge in [0.25, 0.3) is 5.91 Å². The van der Waals surface area contributed by atoms with Gasteiger partial charge in [0.15, 0.2) is 0 Å². The Morgan fingerprint density at radius 2 is 1.96 bits per heavy atom. The van der Waals surface area contributed by atoms with Gasteiger partial charge in [0.2, 0.25) is 0 Å². The van der Waals surface area contributed by atoms with Crippen LogP contribution in [0, 0.1) is 5.92 Å². The van der Waals surface area contributed by atoms with Gasteiger partial charge in [-0.1, -0.05) is 47.5 Å². The molecule has 1 unspecified atom stereocenters. The molecule has 1 fully saturated rings. The van der Waals surface area contributed by atoms with Crippen molar-refractivity contribution in [3.8, 4) is 0 Å². The highest BCUT2D eigenvalue weighted by atomic mass is 32.1. The van der Waals surface area contributed by atoms with Crippen molar-refractivity contribution in [1.82, 2.24) is 15.2 Å². The number of morpholine rings is 1. The van der Waals surface area contributed by atoms with Crippen LogP contribution in [0.15, 0.2) is 6.20 Å². The van der Waals surface area contributed by atoms with Crippen molar-refractivity contribution in [3.63, 3.8) is 0 Å². The predicted octanol–water partition coefficient (Wildman–Crippen LogP) is 3.31. The molecule has 1 aromatic rings. The third-order valence-corrected chi connectivity index (χ3v) is 6.37. The second kappa shape index (κ2) is 9.10. The molecular formula is C19H33N3O2S. The van der Waals surface area contributed by atoms with Gasteiger partial charge in [-0.2, -0.15) is 0 Å². The highest BCUT2D eigenvalue weighted by Crippen LogP contribution is 2.27. The van der Waals surface area contributed by atoms with Crippen molar-refractivity contribution in [3.05, 3.63) is 16.1 Å². The number of nitrogens with zero attached hydrogens (tertiary/aromatic N) is 2. The molecule has 0 bridgehead atoms. The van der Waals surface area contributed by atoms with Crippen LogP contribution in [0.25, 0.3) is 0 Å². The van der Waals surface area contributed by atoms with Crippen LogP contribution in [-0.4, -0.2) is 54.7 Å². The van der Waals surface area contributed by atoms with Crippen molar-refractivity contribution in [2.45, 2.75) is 58.9 Å². The summed E-state index contributed by atoms with van der Waals surface area (Å²) < 4.78 is 5.49. The fourth-order valence-electron chi connectivity index (χ4n) is 3.35. The molecule has 25 heavy (non-hydrogen) atoms. The summed E-state index contributed by atoms with van der Waals surface area (Å²) >= 11 is 1.50. The first kappa shape index (κ1) is 20.3. The first-order valence-electron chi connectivity index (χ1n) is 9.43. The van der Waals surface area contributed by atoms with Crippen LogP contribution in [-0.2, 0) is 10.2 Å². The third kappa shape index (κ3) is 5.50. The molecule has 1 aliphatic rings. The number of aromatic nitrogens is 1. The second-order valence-corrected chi connectivity index (χ2v) is 8.81. The average molecular weight is 368 g/mol. The molecular weight excluding hydrogens is 334 g/mol. The molecule has 1 N–H and O–H groups in total. The minimum absolute atomic E-state index is 0.00258. The summed E-state index contributed by atoms with van der Waals surface area (Å²) in [6, 6.07) is 0.373. The van der Waals surface area contributed by atoms with Gasteiger partial charge in [0.05, 0.1) is 24.4 Å². The molecule has 0 aliphatic carbocycles. The highest BCUT2D eigenvalue weighted by Gasteiger charge is 2.28. The molecule has 1 saturated heterocycles. The van der Waals surface area contributed by atoms with E-state index in [-0.39, 0.29) is 11.3 Å². The molecule has 1 atom stereocenters. The maximum Gasteiger partial charge on any atom is 0.263 e. The topological polar surface area (TPSA) is 54.5 Å². The van der Waals surface area contributed by atoms with E-state index >= 15 is 0 Å². The number of hydrogen-bond donors (Lipinski definition) is 1. The highest BCUT2D eigenvalue weighted by molar-refractivity contribution is 7.13. The molecule has 2 rings (SSSR count). The van der Waals surface area contributed by atoms with Gasteiger partial charge in [0.1, 0.15) is 4.88 Å². The molecule has 1 amide bonds. The molecule has 1 aromatic heterocycles. The molecule has 5 nitrogen and oxygen atoms in total. The fraction of sp³-hybridized carbons (Fsp3) is 0.789. The lowest BCUT2D eigenvalue weighted by Gasteiger charge is -2.38. The Kier molecular flexibility index (Phi) is 7.40. The summed E-state index contributed by atoms with van der Waals surface area (Å²) in [6.07, 6.45) is 3.97. The summed E-state index contributed by atoms with van der Waals surface area (Å²) in [6.45, 7) is 15.0. The lowest BCUT2D eigenvalue weighted by molar-refractivity contribution is 0.00192. The van der Waals surface area contributed by atoms with Gasteiger partial charge in [-0.25, -0.2) is 4.98 Å². The number of rotatable bonds is 7. The normalized spacial score (nSPS) is 17.7. The van der Waals surface area contributed by atoms with E-state index in [1.807, 2.05) is 0 Å². The van der Waals surface area contributed by atoms with E-state index in [1.54, 1.807) is 6.20 Å². The van der Waals surface area contributed by atoms with E-state index in [1.165, 1.54) is 11.3 Å². The lowest BCUT2D eigenvalue weighted by atomic mass is 9.92. The van der Waals surface area contributed by atoms with Crippen LogP contribution in [0.4, 0.5) is 0 Å². The number of ether oxygens (including phenoxy) is 1. The Morgan fingerprint density at radius 3 is 2.48 bits per heavy atom. The number of carbonyl (C=O) groups is 1. The van der Waals surface area contributed by atoms with Crippen LogP contribution in [0.3, 0.4) is 0 Å². The SMILES string of the molecule is CCC(CC)C(CNC(=O)c1cnc(C(C)(C)C)s1)N1CCOCC1. The van der Waals surface area contributed by atoms with Crippen molar-refractivity contribution >= 4 is 17.2 Å². The summed E-state index contributed by atoms with van der Waals surface area (Å²) in [7, 11) is 0. The zero-order valence-corrected chi connectivity index (χ0v) is 17.1. The van der Waals surface area contributed by atoms with E-state index in [4.69, 9.17) is 4.74 Å². The minimum atomic E-state index is -0.0188. The zero-order chi connectivity index (χ0) is 18.4. The Hall–Kier alpha value is -0.980. The number of amides is 1. The number of nitrogens with one attached hydrogen (secondary N) is 1. The van der Waals surface area contributed by atoms with Gasteiger partial charge >= 0.3 is 0 Å². The molecule has 1 aliphatic heterocycles. The predicted molar refractivity (Wildman–Crippen MR) is 103 cm³/mol. The Bertz CT molecular complexity index is 543. The van der Waals surface area contributed by atoms with Crippen molar-refractivity contribution in [2.24, 2.45) is 5.92 Å². The average Bonchev–Trinajstić information content (AvgIpc) is 3.09. The molecule has 6 heteroatoms. The largest absolute Gasteiger partial charge is 0.379 e. The number of thiazole rings is 1. The van der Waals surface area contributed by atoms with E-state index in [0.29, 0.717) is 23.4 Å². The zero-order valence-electron chi connectivity index (χ0n) is 16.3. The van der Waals surface area contributed by atoms with E-state index < -0.39 is 0 Å². The van der Waals surface area contributed by atoms with Gasteiger partial charge < -0.3 is 10.1 Å². The third-order valence-electron chi connectivity index (χ3n) is 4.95. The first-order valence-corrected chi connectivity index (χ1v) is 10.2. The number of carbonyl (C=O) groups excluding carboxylic acids is 1. The lowest BCUT2D eigenvalue weighted by Crippen LogP contribution is -2.52. The van der Waals surface area contributed by atoms with Crippen LogP contribution in [0.2, 0.25) is 0 Å². The molecule has 0 radical (unpaired) electrons. The fourth-order valence-corrected chi connectivity index (χ4v) is 4.24. The molecule has 0 saturated carbocycles.